The van der Waals surface area contributed by atoms with Gasteiger partial charge in [0.25, 0.3) is 0 Å². The molecule has 1 heterocycles. The van der Waals surface area contributed by atoms with Gasteiger partial charge in [-0.2, -0.15) is 0 Å². The Morgan fingerprint density at radius 1 is 1.41 bits per heavy atom. The first-order valence-corrected chi connectivity index (χ1v) is 7.98. The summed E-state index contributed by atoms with van der Waals surface area (Å²) in [5.41, 5.74) is 1.93. The third-order valence-electron chi connectivity index (χ3n) is 4.76. The number of anilines is 1. The van der Waals surface area contributed by atoms with Crippen LogP contribution in [0, 0.1) is 0 Å². The van der Waals surface area contributed by atoms with Gasteiger partial charge in [-0.15, -0.1) is 0 Å². The van der Waals surface area contributed by atoms with Crippen LogP contribution in [0.4, 0.5) is 5.69 Å². The Labute approximate surface area is 130 Å². The van der Waals surface area contributed by atoms with Gasteiger partial charge in [0.05, 0.1) is 5.54 Å². The number of benzene rings is 1. The van der Waals surface area contributed by atoms with Crippen molar-refractivity contribution in [2.24, 2.45) is 0 Å². The largest absolute Gasteiger partial charge is 0.349 e. The van der Waals surface area contributed by atoms with Crippen LogP contribution in [0.5, 0.6) is 0 Å². The fourth-order valence-electron chi connectivity index (χ4n) is 3.51. The van der Waals surface area contributed by atoms with Gasteiger partial charge in [-0.25, -0.2) is 0 Å². The van der Waals surface area contributed by atoms with Gasteiger partial charge in [0, 0.05) is 31.6 Å². The van der Waals surface area contributed by atoms with E-state index in [1.54, 1.807) is 0 Å². The molecule has 1 saturated heterocycles. The SMILES string of the molecule is CC(=O)Nc1cccc(CNC2CCC(=O)NC23CCC3)c1. The van der Waals surface area contributed by atoms with Gasteiger partial charge in [0.2, 0.25) is 11.8 Å². The second-order valence-corrected chi connectivity index (χ2v) is 6.41. The quantitative estimate of drug-likeness (QED) is 0.796. The Bertz CT molecular complexity index is 581. The molecule has 1 aliphatic heterocycles. The number of nitrogens with one attached hydrogen (secondary N) is 3. The van der Waals surface area contributed by atoms with Crippen LogP contribution < -0.4 is 16.0 Å². The van der Waals surface area contributed by atoms with Gasteiger partial charge < -0.3 is 16.0 Å². The van der Waals surface area contributed by atoms with Crippen molar-refractivity contribution in [1.29, 1.82) is 0 Å². The van der Waals surface area contributed by atoms with E-state index in [1.807, 2.05) is 24.3 Å². The van der Waals surface area contributed by atoms with E-state index >= 15 is 0 Å². The first kappa shape index (κ1) is 15.0. The zero-order valence-electron chi connectivity index (χ0n) is 12.9. The summed E-state index contributed by atoms with van der Waals surface area (Å²) in [6.07, 6.45) is 4.84. The molecule has 1 aromatic rings. The predicted molar refractivity (Wildman–Crippen MR) is 85.3 cm³/mol. The Hall–Kier alpha value is -1.88. The summed E-state index contributed by atoms with van der Waals surface area (Å²) < 4.78 is 0. The Morgan fingerprint density at radius 3 is 2.91 bits per heavy atom. The second-order valence-electron chi connectivity index (χ2n) is 6.41. The van der Waals surface area contributed by atoms with Gasteiger partial charge in [0.1, 0.15) is 0 Å². The maximum atomic E-state index is 11.7. The summed E-state index contributed by atoms with van der Waals surface area (Å²) in [6.45, 7) is 2.26. The molecule has 2 fully saturated rings. The van der Waals surface area contributed by atoms with Gasteiger partial charge in [-0.3, -0.25) is 9.59 Å². The minimum absolute atomic E-state index is 0.0232. The van der Waals surface area contributed by atoms with E-state index in [4.69, 9.17) is 0 Å². The molecule has 22 heavy (non-hydrogen) atoms. The molecule has 3 rings (SSSR count). The predicted octanol–water partition coefficient (Wildman–Crippen LogP) is 1.94. The van der Waals surface area contributed by atoms with Crippen molar-refractivity contribution in [3.8, 4) is 0 Å². The van der Waals surface area contributed by atoms with Crippen molar-refractivity contribution >= 4 is 17.5 Å². The zero-order valence-corrected chi connectivity index (χ0v) is 12.9. The highest BCUT2D eigenvalue weighted by molar-refractivity contribution is 5.88. The highest BCUT2D eigenvalue weighted by Crippen LogP contribution is 2.38. The zero-order chi connectivity index (χ0) is 15.6. The molecule has 0 bridgehead atoms. The van der Waals surface area contributed by atoms with E-state index in [-0.39, 0.29) is 17.4 Å². The van der Waals surface area contributed by atoms with Crippen LogP contribution in [0.2, 0.25) is 0 Å². The van der Waals surface area contributed by atoms with Crippen molar-refractivity contribution < 1.29 is 9.59 Å². The molecule has 1 saturated carbocycles. The highest BCUT2D eigenvalue weighted by atomic mass is 16.2. The summed E-state index contributed by atoms with van der Waals surface area (Å²) in [5, 5.41) is 9.60. The molecular formula is C17H23N3O2. The molecule has 5 heteroatoms. The number of hydrogen-bond donors (Lipinski definition) is 3. The molecule has 1 unspecified atom stereocenters. The molecule has 1 spiro atoms. The summed E-state index contributed by atoms with van der Waals surface area (Å²) >= 11 is 0. The van der Waals surface area contributed by atoms with Crippen LogP contribution in [0.3, 0.4) is 0 Å². The first-order chi connectivity index (χ1) is 10.6. The number of carbonyl (C=O) groups excluding carboxylic acids is 2. The molecule has 1 atom stereocenters. The van der Waals surface area contributed by atoms with E-state index < -0.39 is 0 Å². The van der Waals surface area contributed by atoms with Crippen molar-refractivity contribution in [1.82, 2.24) is 10.6 Å². The maximum absolute atomic E-state index is 11.7. The third kappa shape index (κ3) is 3.14. The number of piperidine rings is 1. The van der Waals surface area contributed by atoms with Crippen LogP contribution in [0.25, 0.3) is 0 Å². The first-order valence-electron chi connectivity index (χ1n) is 7.98. The van der Waals surface area contributed by atoms with Crippen LogP contribution >= 0.6 is 0 Å². The minimum Gasteiger partial charge on any atom is -0.349 e. The normalized spacial score (nSPS) is 22.8. The smallest absolute Gasteiger partial charge is 0.221 e. The lowest BCUT2D eigenvalue weighted by molar-refractivity contribution is -0.128. The molecule has 1 aromatic carbocycles. The molecule has 118 valence electrons. The topological polar surface area (TPSA) is 70.2 Å². The van der Waals surface area contributed by atoms with Gasteiger partial charge in [-0.1, -0.05) is 12.1 Å². The van der Waals surface area contributed by atoms with E-state index in [0.717, 1.165) is 37.1 Å². The minimum atomic E-state index is -0.0616. The summed E-state index contributed by atoms with van der Waals surface area (Å²) in [6, 6.07) is 8.21. The van der Waals surface area contributed by atoms with Crippen molar-refractivity contribution in [2.45, 2.75) is 57.2 Å². The number of carbonyl (C=O) groups is 2. The third-order valence-corrected chi connectivity index (χ3v) is 4.76. The molecule has 3 N–H and O–H groups in total. The van der Waals surface area contributed by atoms with Crippen LogP contribution in [0.1, 0.15) is 44.6 Å². The fraction of sp³-hybridized carbons (Fsp3) is 0.529. The Morgan fingerprint density at radius 2 is 2.23 bits per heavy atom. The Kier molecular flexibility index (Phi) is 4.16. The average Bonchev–Trinajstić information content (AvgIpc) is 2.44. The van der Waals surface area contributed by atoms with Crippen molar-refractivity contribution in [3.63, 3.8) is 0 Å². The van der Waals surface area contributed by atoms with Crippen LogP contribution in [0.15, 0.2) is 24.3 Å². The average molecular weight is 301 g/mol. The van der Waals surface area contributed by atoms with E-state index in [2.05, 4.69) is 16.0 Å². The second kappa shape index (κ2) is 6.08. The van der Waals surface area contributed by atoms with Gasteiger partial charge >= 0.3 is 0 Å². The van der Waals surface area contributed by atoms with E-state index in [9.17, 15) is 9.59 Å². The Balaban J connectivity index is 1.62. The molecule has 0 radical (unpaired) electrons. The van der Waals surface area contributed by atoms with E-state index in [0.29, 0.717) is 12.5 Å². The van der Waals surface area contributed by atoms with Gasteiger partial charge in [-0.05, 0) is 43.4 Å². The molecule has 1 aliphatic carbocycles. The fourth-order valence-corrected chi connectivity index (χ4v) is 3.51. The number of hydrogen-bond acceptors (Lipinski definition) is 3. The molecule has 2 aliphatic rings. The van der Waals surface area contributed by atoms with Gasteiger partial charge in [0.15, 0.2) is 0 Å². The standard InChI is InChI=1S/C17H23N3O2/c1-12(21)19-14-5-2-4-13(10-14)11-18-15-6-7-16(22)20-17(15)8-3-9-17/h2,4-5,10,15,18H,3,6-9,11H2,1H3,(H,19,21)(H,20,22). The lowest BCUT2D eigenvalue weighted by Crippen LogP contribution is -2.67. The number of amides is 2. The summed E-state index contributed by atoms with van der Waals surface area (Å²) in [4.78, 5) is 22.8. The molecule has 5 nitrogen and oxygen atoms in total. The highest BCUT2D eigenvalue weighted by Gasteiger charge is 2.47. The maximum Gasteiger partial charge on any atom is 0.221 e. The van der Waals surface area contributed by atoms with Crippen molar-refractivity contribution in [3.05, 3.63) is 29.8 Å². The number of rotatable bonds is 4. The van der Waals surface area contributed by atoms with Crippen LogP contribution in [-0.4, -0.2) is 23.4 Å². The summed E-state index contributed by atoms with van der Waals surface area (Å²) in [5.74, 6) is 0.124. The lowest BCUT2D eigenvalue weighted by atomic mass is 9.68. The molecule has 2 amide bonds. The van der Waals surface area contributed by atoms with E-state index in [1.165, 1.54) is 13.3 Å². The molecular weight excluding hydrogens is 278 g/mol. The monoisotopic (exact) mass is 301 g/mol. The van der Waals surface area contributed by atoms with Crippen LogP contribution in [-0.2, 0) is 16.1 Å². The summed E-state index contributed by atoms with van der Waals surface area (Å²) in [7, 11) is 0. The lowest BCUT2D eigenvalue weighted by Gasteiger charge is -2.51. The van der Waals surface area contributed by atoms with Crippen molar-refractivity contribution in [2.75, 3.05) is 5.32 Å². The molecule has 0 aromatic heterocycles.